The van der Waals surface area contributed by atoms with Gasteiger partial charge in [-0.1, -0.05) is 5.16 Å². The largest absolute Gasteiger partial charge is 0.384 e. The van der Waals surface area contributed by atoms with Crippen LogP contribution >= 0.6 is 0 Å². The van der Waals surface area contributed by atoms with E-state index >= 15 is 0 Å². The Morgan fingerprint density at radius 1 is 1.47 bits per heavy atom. The van der Waals surface area contributed by atoms with Crippen LogP contribution in [0, 0.1) is 0 Å². The van der Waals surface area contributed by atoms with E-state index in [1.165, 1.54) is 0 Å². The second-order valence-electron chi connectivity index (χ2n) is 3.43. The monoisotopic (exact) mass is 234 g/mol. The van der Waals surface area contributed by atoms with Crippen LogP contribution in [0.4, 0.5) is 5.82 Å². The molecule has 0 aliphatic rings. The minimum absolute atomic E-state index is 0.427. The third kappa shape index (κ3) is 3.01. The lowest BCUT2D eigenvalue weighted by molar-refractivity contribution is 0.149. The van der Waals surface area contributed by atoms with Crippen LogP contribution in [0.1, 0.15) is 12.7 Å². The summed E-state index contributed by atoms with van der Waals surface area (Å²) in [5.41, 5.74) is 6.35. The molecule has 2 heterocycles. The van der Waals surface area contributed by atoms with Gasteiger partial charge in [-0.2, -0.15) is 4.98 Å². The normalized spacial score (nSPS) is 10.6. The molecule has 0 atom stereocenters. The van der Waals surface area contributed by atoms with Gasteiger partial charge in [-0.05, 0) is 19.1 Å². The van der Waals surface area contributed by atoms with E-state index in [0.717, 1.165) is 5.56 Å². The van der Waals surface area contributed by atoms with E-state index < -0.39 is 0 Å². The van der Waals surface area contributed by atoms with Gasteiger partial charge in [-0.3, -0.25) is 0 Å². The van der Waals surface area contributed by atoms with Gasteiger partial charge >= 0.3 is 0 Å². The summed E-state index contributed by atoms with van der Waals surface area (Å²) < 4.78 is 10.4. The molecule has 2 aromatic heterocycles. The summed E-state index contributed by atoms with van der Waals surface area (Å²) in [6, 6.07) is 3.47. The van der Waals surface area contributed by atoms with Crippen LogP contribution in [-0.4, -0.2) is 28.3 Å². The van der Waals surface area contributed by atoms with E-state index in [9.17, 15) is 0 Å². The van der Waals surface area contributed by atoms with Crippen molar-refractivity contribution >= 4 is 5.82 Å². The number of nitrogen functional groups attached to an aromatic ring is 1. The van der Waals surface area contributed by atoms with E-state index in [0.29, 0.717) is 37.2 Å². The zero-order valence-electron chi connectivity index (χ0n) is 9.59. The molecule has 6 nitrogen and oxygen atoms in total. The van der Waals surface area contributed by atoms with Crippen LogP contribution < -0.4 is 5.73 Å². The van der Waals surface area contributed by atoms with Gasteiger partial charge in [0.15, 0.2) is 5.82 Å². The molecule has 17 heavy (non-hydrogen) atoms. The highest BCUT2D eigenvalue weighted by molar-refractivity contribution is 5.56. The quantitative estimate of drug-likeness (QED) is 0.784. The summed E-state index contributed by atoms with van der Waals surface area (Å²) in [5.74, 6) is 1.51. The molecule has 2 N–H and O–H groups in total. The van der Waals surface area contributed by atoms with Gasteiger partial charge in [-0.15, -0.1) is 0 Å². The van der Waals surface area contributed by atoms with Crippen LogP contribution in [0.15, 0.2) is 22.9 Å². The SMILES string of the molecule is CCOCCc1noc(-c2ccnc(N)c2)n1. The van der Waals surface area contributed by atoms with Gasteiger partial charge in [0, 0.05) is 24.8 Å². The molecule has 90 valence electrons. The Balaban J connectivity index is 2.07. The molecule has 2 rings (SSSR count). The molecule has 0 saturated carbocycles. The zero-order chi connectivity index (χ0) is 12.1. The highest BCUT2D eigenvalue weighted by atomic mass is 16.5. The number of hydrogen-bond donors (Lipinski definition) is 1. The lowest BCUT2D eigenvalue weighted by atomic mass is 10.2. The molecule has 0 aliphatic carbocycles. The van der Waals surface area contributed by atoms with Crippen molar-refractivity contribution in [3.8, 4) is 11.5 Å². The maximum Gasteiger partial charge on any atom is 0.258 e. The maximum atomic E-state index is 5.58. The standard InChI is InChI=1S/C11H14N4O2/c1-2-16-6-4-10-14-11(17-15-10)8-3-5-13-9(12)7-8/h3,5,7H,2,4,6H2,1H3,(H2,12,13). The van der Waals surface area contributed by atoms with Crippen LogP contribution in [-0.2, 0) is 11.2 Å². The summed E-state index contributed by atoms with van der Waals surface area (Å²) in [4.78, 5) is 8.15. The van der Waals surface area contributed by atoms with Crippen LogP contribution in [0.25, 0.3) is 11.5 Å². The second kappa shape index (κ2) is 5.40. The highest BCUT2D eigenvalue weighted by Crippen LogP contribution is 2.17. The number of nitrogens with two attached hydrogens (primary N) is 1. The number of aromatic nitrogens is 3. The lowest BCUT2D eigenvalue weighted by Gasteiger charge is -1.95. The summed E-state index contributed by atoms with van der Waals surface area (Å²) in [6.45, 7) is 3.22. The van der Waals surface area contributed by atoms with Crippen molar-refractivity contribution in [2.45, 2.75) is 13.3 Å². The summed E-state index contributed by atoms with van der Waals surface area (Å²) in [7, 11) is 0. The smallest absolute Gasteiger partial charge is 0.258 e. The van der Waals surface area contributed by atoms with Crippen LogP contribution in [0.2, 0.25) is 0 Å². The Morgan fingerprint density at radius 2 is 2.35 bits per heavy atom. The molecule has 0 radical (unpaired) electrons. The Kier molecular flexibility index (Phi) is 3.66. The van der Waals surface area contributed by atoms with Crippen molar-refractivity contribution in [3.63, 3.8) is 0 Å². The van der Waals surface area contributed by atoms with Crippen molar-refractivity contribution in [1.29, 1.82) is 0 Å². The molecule has 0 amide bonds. The van der Waals surface area contributed by atoms with E-state index in [-0.39, 0.29) is 0 Å². The van der Waals surface area contributed by atoms with Gasteiger partial charge in [-0.25, -0.2) is 4.98 Å². The Bertz CT molecular complexity index is 484. The maximum absolute atomic E-state index is 5.58. The molecule has 0 unspecified atom stereocenters. The van der Waals surface area contributed by atoms with Crippen molar-refractivity contribution in [2.75, 3.05) is 18.9 Å². The molecule has 0 bridgehead atoms. The Morgan fingerprint density at radius 3 is 3.12 bits per heavy atom. The molecule has 0 aromatic carbocycles. The molecule has 6 heteroatoms. The zero-order valence-corrected chi connectivity index (χ0v) is 9.59. The first-order chi connectivity index (χ1) is 8.29. The van der Waals surface area contributed by atoms with E-state index in [2.05, 4.69) is 15.1 Å². The average molecular weight is 234 g/mol. The first kappa shape index (κ1) is 11.5. The minimum Gasteiger partial charge on any atom is -0.384 e. The Hall–Kier alpha value is -1.95. The number of anilines is 1. The van der Waals surface area contributed by atoms with Gasteiger partial charge in [0.2, 0.25) is 0 Å². The third-order valence-electron chi connectivity index (χ3n) is 2.17. The molecule has 0 saturated heterocycles. The minimum atomic E-state index is 0.427. The Labute approximate surface area is 98.8 Å². The fourth-order valence-electron chi connectivity index (χ4n) is 1.36. The van der Waals surface area contributed by atoms with Gasteiger partial charge in [0.25, 0.3) is 5.89 Å². The topological polar surface area (TPSA) is 87.1 Å². The number of hydrogen-bond acceptors (Lipinski definition) is 6. The average Bonchev–Trinajstić information content (AvgIpc) is 2.78. The highest BCUT2D eigenvalue weighted by Gasteiger charge is 2.08. The predicted molar refractivity (Wildman–Crippen MR) is 62.1 cm³/mol. The summed E-state index contributed by atoms with van der Waals surface area (Å²) >= 11 is 0. The van der Waals surface area contributed by atoms with Crippen molar-refractivity contribution < 1.29 is 9.26 Å². The van der Waals surface area contributed by atoms with E-state index in [1.54, 1.807) is 18.3 Å². The molecular weight excluding hydrogens is 220 g/mol. The molecule has 0 aliphatic heterocycles. The van der Waals surface area contributed by atoms with Crippen LogP contribution in [0.3, 0.4) is 0 Å². The molecular formula is C11H14N4O2. The van der Waals surface area contributed by atoms with Crippen molar-refractivity contribution in [1.82, 2.24) is 15.1 Å². The molecule has 0 spiro atoms. The van der Waals surface area contributed by atoms with Crippen molar-refractivity contribution in [3.05, 3.63) is 24.2 Å². The van der Waals surface area contributed by atoms with Crippen LogP contribution in [0.5, 0.6) is 0 Å². The number of ether oxygens (including phenoxy) is 1. The number of pyridine rings is 1. The number of rotatable bonds is 5. The van der Waals surface area contributed by atoms with E-state index in [4.69, 9.17) is 15.0 Å². The predicted octanol–water partition coefficient (Wildman–Crippen LogP) is 1.29. The first-order valence-corrected chi connectivity index (χ1v) is 5.42. The summed E-state index contributed by atoms with van der Waals surface area (Å²) in [5, 5.41) is 3.87. The third-order valence-corrected chi connectivity index (χ3v) is 2.17. The summed E-state index contributed by atoms with van der Waals surface area (Å²) in [6.07, 6.45) is 2.24. The second-order valence-corrected chi connectivity index (χ2v) is 3.43. The van der Waals surface area contributed by atoms with E-state index in [1.807, 2.05) is 6.92 Å². The van der Waals surface area contributed by atoms with Gasteiger partial charge in [0.05, 0.1) is 6.61 Å². The fraction of sp³-hybridized carbons (Fsp3) is 0.364. The molecule has 2 aromatic rings. The molecule has 0 fully saturated rings. The lowest BCUT2D eigenvalue weighted by Crippen LogP contribution is -1.99. The number of nitrogens with zero attached hydrogens (tertiary/aromatic N) is 3. The van der Waals surface area contributed by atoms with Gasteiger partial charge in [0.1, 0.15) is 5.82 Å². The first-order valence-electron chi connectivity index (χ1n) is 5.42. The fourth-order valence-corrected chi connectivity index (χ4v) is 1.36. The van der Waals surface area contributed by atoms with Gasteiger partial charge < -0.3 is 15.0 Å². The van der Waals surface area contributed by atoms with Crippen molar-refractivity contribution in [2.24, 2.45) is 0 Å².